The Hall–Kier alpha value is -0.0800. The number of nitrogens with zero attached hydrogens (tertiary/aromatic N) is 1. The summed E-state index contributed by atoms with van der Waals surface area (Å²) in [6, 6.07) is 0. The minimum Gasteiger partial charge on any atom is -0.330 e. The first kappa shape index (κ1) is 14.0. The molecule has 1 heterocycles. The molecule has 0 radical (unpaired) electrons. The summed E-state index contributed by atoms with van der Waals surface area (Å²) < 4.78 is 0. The third-order valence-electron chi connectivity index (χ3n) is 4.37. The minimum absolute atomic E-state index is 0.328. The van der Waals surface area contributed by atoms with Crippen molar-refractivity contribution in [2.24, 2.45) is 23.0 Å². The highest BCUT2D eigenvalue weighted by Crippen LogP contribution is 2.28. The Bertz CT molecular complexity index is 205. The molecule has 0 aliphatic carbocycles. The number of piperidine rings is 1. The third-order valence-corrected chi connectivity index (χ3v) is 4.37. The van der Waals surface area contributed by atoms with Gasteiger partial charge in [0.25, 0.3) is 0 Å². The molecule has 1 aliphatic rings. The molecule has 1 aliphatic heterocycles. The van der Waals surface area contributed by atoms with Crippen molar-refractivity contribution < 1.29 is 0 Å². The van der Waals surface area contributed by atoms with Crippen molar-refractivity contribution in [1.82, 2.24) is 4.90 Å². The monoisotopic (exact) mass is 226 g/mol. The molecule has 1 rings (SSSR count). The van der Waals surface area contributed by atoms with Crippen molar-refractivity contribution in [3.63, 3.8) is 0 Å². The van der Waals surface area contributed by atoms with E-state index in [1.54, 1.807) is 0 Å². The van der Waals surface area contributed by atoms with Crippen LogP contribution in [0.3, 0.4) is 0 Å². The van der Waals surface area contributed by atoms with Gasteiger partial charge in [0.15, 0.2) is 0 Å². The normalized spacial score (nSPS) is 31.3. The van der Waals surface area contributed by atoms with Gasteiger partial charge in [0.1, 0.15) is 0 Å². The quantitative estimate of drug-likeness (QED) is 0.781. The SMILES string of the molecule is CCCC(C)(CN)CN1CCC(C)C(C)C1. The van der Waals surface area contributed by atoms with E-state index in [1.165, 1.54) is 38.9 Å². The van der Waals surface area contributed by atoms with Gasteiger partial charge in [0, 0.05) is 13.1 Å². The van der Waals surface area contributed by atoms with Gasteiger partial charge in [-0.2, -0.15) is 0 Å². The average molecular weight is 226 g/mol. The van der Waals surface area contributed by atoms with Gasteiger partial charge in [-0.15, -0.1) is 0 Å². The maximum absolute atomic E-state index is 5.95. The molecule has 0 saturated carbocycles. The Kier molecular flexibility index (Phi) is 5.26. The molecule has 0 aromatic rings. The van der Waals surface area contributed by atoms with E-state index >= 15 is 0 Å². The highest BCUT2D eigenvalue weighted by Gasteiger charge is 2.29. The molecule has 0 spiro atoms. The zero-order valence-corrected chi connectivity index (χ0v) is 11.6. The van der Waals surface area contributed by atoms with Crippen molar-refractivity contribution in [3.05, 3.63) is 0 Å². The van der Waals surface area contributed by atoms with Crippen molar-refractivity contribution >= 4 is 0 Å². The van der Waals surface area contributed by atoms with E-state index in [0.717, 1.165) is 18.4 Å². The Balaban J connectivity index is 2.46. The molecule has 0 aromatic heterocycles. The standard InChI is InChI=1S/C14H30N2/c1-5-7-14(4,10-15)11-16-8-6-12(2)13(3)9-16/h12-13H,5-11,15H2,1-4H3. The second-order valence-corrected chi connectivity index (χ2v) is 6.24. The van der Waals surface area contributed by atoms with Crippen LogP contribution in [0, 0.1) is 17.3 Å². The number of hydrogen-bond donors (Lipinski definition) is 1. The Morgan fingerprint density at radius 2 is 2.00 bits per heavy atom. The zero-order valence-electron chi connectivity index (χ0n) is 11.6. The molecule has 2 N–H and O–H groups in total. The van der Waals surface area contributed by atoms with Gasteiger partial charge >= 0.3 is 0 Å². The second kappa shape index (κ2) is 6.02. The zero-order chi connectivity index (χ0) is 12.2. The predicted molar refractivity (Wildman–Crippen MR) is 71.5 cm³/mol. The van der Waals surface area contributed by atoms with Crippen molar-refractivity contribution in [1.29, 1.82) is 0 Å². The summed E-state index contributed by atoms with van der Waals surface area (Å²) in [5.41, 5.74) is 6.27. The van der Waals surface area contributed by atoms with Crippen LogP contribution in [0.4, 0.5) is 0 Å². The second-order valence-electron chi connectivity index (χ2n) is 6.24. The summed E-state index contributed by atoms with van der Waals surface area (Å²) in [6.45, 7) is 13.9. The number of hydrogen-bond acceptors (Lipinski definition) is 2. The third kappa shape index (κ3) is 3.74. The van der Waals surface area contributed by atoms with E-state index in [0.29, 0.717) is 5.41 Å². The lowest BCUT2D eigenvalue weighted by atomic mass is 9.82. The van der Waals surface area contributed by atoms with Crippen LogP contribution >= 0.6 is 0 Å². The van der Waals surface area contributed by atoms with Gasteiger partial charge in [-0.25, -0.2) is 0 Å². The predicted octanol–water partition coefficient (Wildman–Crippen LogP) is 2.73. The number of nitrogens with two attached hydrogens (primary N) is 1. The molecule has 96 valence electrons. The molecule has 1 fully saturated rings. The smallest absolute Gasteiger partial charge is 0.00475 e. The van der Waals surface area contributed by atoms with Crippen LogP contribution < -0.4 is 5.73 Å². The van der Waals surface area contributed by atoms with E-state index in [4.69, 9.17) is 5.73 Å². The molecule has 2 nitrogen and oxygen atoms in total. The molecule has 3 unspecified atom stereocenters. The molecule has 0 aromatic carbocycles. The van der Waals surface area contributed by atoms with Gasteiger partial charge in [0.05, 0.1) is 0 Å². The Labute approximate surface area is 102 Å². The lowest BCUT2D eigenvalue weighted by molar-refractivity contribution is 0.0884. The van der Waals surface area contributed by atoms with E-state index in [9.17, 15) is 0 Å². The summed E-state index contributed by atoms with van der Waals surface area (Å²) >= 11 is 0. The molecule has 3 atom stereocenters. The van der Waals surface area contributed by atoms with Gasteiger partial charge in [-0.1, -0.05) is 34.1 Å². The topological polar surface area (TPSA) is 29.3 Å². The van der Waals surface area contributed by atoms with Gasteiger partial charge in [-0.3, -0.25) is 0 Å². The first-order chi connectivity index (χ1) is 7.50. The number of rotatable bonds is 5. The fourth-order valence-corrected chi connectivity index (χ4v) is 2.88. The molecule has 0 amide bonds. The average Bonchev–Trinajstić information content (AvgIpc) is 2.24. The van der Waals surface area contributed by atoms with Crippen LogP contribution in [0.5, 0.6) is 0 Å². The molecule has 0 bridgehead atoms. The largest absolute Gasteiger partial charge is 0.330 e. The molecule has 16 heavy (non-hydrogen) atoms. The van der Waals surface area contributed by atoms with E-state index in [-0.39, 0.29) is 0 Å². The summed E-state index contributed by atoms with van der Waals surface area (Å²) in [7, 11) is 0. The van der Waals surface area contributed by atoms with E-state index < -0.39 is 0 Å². The summed E-state index contributed by atoms with van der Waals surface area (Å²) in [5, 5.41) is 0. The van der Waals surface area contributed by atoms with Crippen LogP contribution in [0.15, 0.2) is 0 Å². The van der Waals surface area contributed by atoms with Gasteiger partial charge in [-0.05, 0) is 43.2 Å². The van der Waals surface area contributed by atoms with Crippen molar-refractivity contribution in [3.8, 4) is 0 Å². The summed E-state index contributed by atoms with van der Waals surface area (Å²) in [6.07, 6.45) is 3.85. The van der Waals surface area contributed by atoms with Crippen LogP contribution in [0.25, 0.3) is 0 Å². The Morgan fingerprint density at radius 3 is 2.50 bits per heavy atom. The van der Waals surface area contributed by atoms with E-state index in [2.05, 4.69) is 32.6 Å². The van der Waals surface area contributed by atoms with Crippen molar-refractivity contribution in [2.45, 2.75) is 47.0 Å². The van der Waals surface area contributed by atoms with E-state index in [1.807, 2.05) is 0 Å². The number of likely N-dealkylation sites (tertiary alicyclic amines) is 1. The van der Waals surface area contributed by atoms with Crippen LogP contribution in [0.1, 0.15) is 47.0 Å². The summed E-state index contributed by atoms with van der Waals surface area (Å²) in [5.74, 6) is 1.74. The van der Waals surface area contributed by atoms with Gasteiger partial charge < -0.3 is 10.6 Å². The lowest BCUT2D eigenvalue weighted by Crippen LogP contribution is -2.46. The maximum atomic E-state index is 5.95. The lowest BCUT2D eigenvalue weighted by Gasteiger charge is -2.40. The Morgan fingerprint density at radius 1 is 1.31 bits per heavy atom. The van der Waals surface area contributed by atoms with Crippen molar-refractivity contribution in [2.75, 3.05) is 26.2 Å². The maximum Gasteiger partial charge on any atom is 0.00475 e. The molecular formula is C14H30N2. The fraction of sp³-hybridized carbons (Fsp3) is 1.00. The van der Waals surface area contributed by atoms with Crippen LogP contribution in [-0.2, 0) is 0 Å². The summed E-state index contributed by atoms with van der Waals surface area (Å²) in [4.78, 5) is 2.63. The first-order valence-electron chi connectivity index (χ1n) is 6.93. The molecule has 1 saturated heterocycles. The molecular weight excluding hydrogens is 196 g/mol. The molecule has 2 heteroatoms. The highest BCUT2D eigenvalue weighted by atomic mass is 15.1. The van der Waals surface area contributed by atoms with Crippen LogP contribution in [-0.4, -0.2) is 31.1 Å². The van der Waals surface area contributed by atoms with Gasteiger partial charge in [0.2, 0.25) is 0 Å². The highest BCUT2D eigenvalue weighted by molar-refractivity contribution is 4.83. The first-order valence-corrected chi connectivity index (χ1v) is 6.93. The minimum atomic E-state index is 0.328. The van der Waals surface area contributed by atoms with Crippen LogP contribution in [0.2, 0.25) is 0 Å². The fourth-order valence-electron chi connectivity index (χ4n) is 2.88.